The number of hydrogen-bond acceptors (Lipinski definition) is 1. The van der Waals surface area contributed by atoms with E-state index in [4.69, 9.17) is 28.5 Å². The first-order valence-corrected chi connectivity index (χ1v) is 2.36. The molecule has 0 unspecified atom stereocenters. The first-order valence-electron chi connectivity index (χ1n) is 1.60. The van der Waals surface area contributed by atoms with E-state index in [-0.39, 0.29) is 5.03 Å². The van der Waals surface area contributed by atoms with Gasteiger partial charge in [0.2, 0.25) is 0 Å². The number of rotatable bonds is 0. The van der Waals surface area contributed by atoms with E-state index in [1.807, 2.05) is 0 Å². The van der Waals surface area contributed by atoms with Gasteiger partial charge in [-0.2, -0.15) is 5.26 Å². The maximum Gasteiger partial charge on any atom is 0.132 e. The Balaban J connectivity index is 4.07. The molecule has 0 aromatic rings. The van der Waals surface area contributed by atoms with Gasteiger partial charge in [-0.25, -0.2) is 0 Å². The molecule has 0 radical (unpaired) electrons. The summed E-state index contributed by atoms with van der Waals surface area (Å²) >= 11 is 10.4. The second kappa shape index (κ2) is 2.90. The lowest BCUT2D eigenvalue weighted by molar-refractivity contribution is 1.50. The lowest BCUT2D eigenvalue weighted by atomic mass is 10.6. The predicted molar refractivity (Wildman–Crippen MR) is 30.0 cm³/mol. The second-order valence-corrected chi connectivity index (χ2v) is 1.90. The van der Waals surface area contributed by atoms with Crippen LogP contribution in [0.25, 0.3) is 0 Å². The highest BCUT2D eigenvalue weighted by atomic mass is 35.5. The normalized spacial score (nSPS) is 12.3. The summed E-state index contributed by atoms with van der Waals surface area (Å²) in [7, 11) is 0. The van der Waals surface area contributed by atoms with E-state index in [1.165, 1.54) is 0 Å². The van der Waals surface area contributed by atoms with Gasteiger partial charge in [0.25, 0.3) is 0 Å². The highest BCUT2D eigenvalue weighted by Gasteiger charge is 1.89. The summed E-state index contributed by atoms with van der Waals surface area (Å²) < 4.78 is 0. The van der Waals surface area contributed by atoms with Crippen LogP contribution in [0.1, 0.15) is 6.92 Å². The zero-order valence-electron chi connectivity index (χ0n) is 3.70. The SMILES string of the molecule is C/C(Cl)=C(/Cl)C#N. The van der Waals surface area contributed by atoms with E-state index in [0.717, 1.165) is 0 Å². The third-order valence-corrected chi connectivity index (χ3v) is 1.05. The fourth-order valence-corrected chi connectivity index (χ4v) is 0.119. The molecule has 0 fully saturated rings. The van der Waals surface area contributed by atoms with Crippen molar-refractivity contribution in [2.45, 2.75) is 6.92 Å². The van der Waals surface area contributed by atoms with Crippen LogP contribution in [0.2, 0.25) is 0 Å². The summed E-state index contributed by atoms with van der Waals surface area (Å²) in [5.74, 6) is 0. The van der Waals surface area contributed by atoms with Crippen molar-refractivity contribution in [3.63, 3.8) is 0 Å². The average Bonchev–Trinajstić information content (AvgIpc) is 1.65. The number of allylic oxidation sites excluding steroid dienone is 2. The van der Waals surface area contributed by atoms with Crippen LogP contribution < -0.4 is 0 Å². The van der Waals surface area contributed by atoms with Crippen molar-refractivity contribution in [3.8, 4) is 6.07 Å². The third-order valence-electron chi connectivity index (χ3n) is 0.401. The molecule has 0 N–H and O–H groups in total. The topological polar surface area (TPSA) is 23.8 Å². The van der Waals surface area contributed by atoms with E-state index >= 15 is 0 Å². The molecular formula is C4H3Cl2N. The van der Waals surface area contributed by atoms with E-state index in [1.54, 1.807) is 13.0 Å². The van der Waals surface area contributed by atoms with Crippen LogP contribution in [-0.4, -0.2) is 0 Å². The molecule has 7 heavy (non-hydrogen) atoms. The Morgan fingerprint density at radius 3 is 2.00 bits per heavy atom. The first kappa shape index (κ1) is 6.81. The third kappa shape index (κ3) is 2.50. The van der Waals surface area contributed by atoms with Gasteiger partial charge >= 0.3 is 0 Å². The number of hydrogen-bond donors (Lipinski definition) is 0. The van der Waals surface area contributed by atoms with Crippen molar-refractivity contribution < 1.29 is 0 Å². The summed E-state index contributed by atoms with van der Waals surface area (Å²) in [5.41, 5.74) is 0. The van der Waals surface area contributed by atoms with Crippen LogP contribution in [0, 0.1) is 11.3 Å². The molecule has 3 heteroatoms. The fraction of sp³-hybridized carbons (Fsp3) is 0.250. The van der Waals surface area contributed by atoms with Crippen molar-refractivity contribution in [1.82, 2.24) is 0 Å². The standard InChI is InChI=1S/C4H3Cl2N/c1-3(5)4(6)2-7/h1H3/b4-3-. The maximum absolute atomic E-state index is 7.98. The maximum atomic E-state index is 7.98. The van der Waals surface area contributed by atoms with Crippen molar-refractivity contribution in [3.05, 3.63) is 10.1 Å². The molecule has 0 rings (SSSR count). The largest absolute Gasteiger partial charge is 0.191 e. The average molecular weight is 136 g/mol. The first-order chi connectivity index (χ1) is 3.18. The highest BCUT2D eigenvalue weighted by Crippen LogP contribution is 2.09. The molecule has 38 valence electrons. The van der Waals surface area contributed by atoms with E-state index in [9.17, 15) is 0 Å². The van der Waals surface area contributed by atoms with Gasteiger partial charge in [0.15, 0.2) is 0 Å². The lowest BCUT2D eigenvalue weighted by Gasteiger charge is -1.78. The van der Waals surface area contributed by atoms with Crippen LogP contribution in [0.5, 0.6) is 0 Å². The van der Waals surface area contributed by atoms with E-state index in [2.05, 4.69) is 0 Å². The van der Waals surface area contributed by atoms with Gasteiger partial charge in [0.05, 0.1) is 0 Å². The molecule has 0 saturated carbocycles. The van der Waals surface area contributed by atoms with Gasteiger partial charge in [0, 0.05) is 5.03 Å². The summed E-state index contributed by atoms with van der Waals surface area (Å²) in [6.07, 6.45) is 0. The van der Waals surface area contributed by atoms with E-state index in [0.29, 0.717) is 5.03 Å². The van der Waals surface area contributed by atoms with Gasteiger partial charge in [-0.05, 0) is 6.92 Å². The monoisotopic (exact) mass is 135 g/mol. The Morgan fingerprint density at radius 1 is 1.57 bits per heavy atom. The molecule has 0 aromatic carbocycles. The van der Waals surface area contributed by atoms with Gasteiger partial charge in [0.1, 0.15) is 11.1 Å². The molecule has 0 atom stereocenters. The summed E-state index contributed by atoms with van der Waals surface area (Å²) in [6, 6.07) is 1.68. The quantitative estimate of drug-likeness (QED) is 0.468. The molecule has 0 amide bonds. The molecule has 0 aliphatic rings. The minimum Gasteiger partial charge on any atom is -0.191 e. The molecule has 1 nitrogen and oxygen atoms in total. The lowest BCUT2D eigenvalue weighted by Crippen LogP contribution is -1.62. The minimum absolute atomic E-state index is 0.0571. The van der Waals surface area contributed by atoms with Crippen molar-refractivity contribution in [2.24, 2.45) is 0 Å². The van der Waals surface area contributed by atoms with Crippen LogP contribution in [0.4, 0.5) is 0 Å². The van der Waals surface area contributed by atoms with Crippen molar-refractivity contribution >= 4 is 23.2 Å². The zero-order valence-corrected chi connectivity index (χ0v) is 5.22. The Hall–Kier alpha value is -0.190. The Morgan fingerprint density at radius 2 is 2.00 bits per heavy atom. The van der Waals surface area contributed by atoms with Crippen LogP contribution in [0.3, 0.4) is 0 Å². The predicted octanol–water partition coefficient (Wildman–Crippen LogP) is 2.22. The molecular weight excluding hydrogens is 133 g/mol. The van der Waals surface area contributed by atoms with E-state index < -0.39 is 0 Å². The smallest absolute Gasteiger partial charge is 0.132 e. The molecule has 0 heterocycles. The van der Waals surface area contributed by atoms with Crippen molar-refractivity contribution in [2.75, 3.05) is 0 Å². The minimum atomic E-state index is 0.0571. The summed E-state index contributed by atoms with van der Waals surface area (Å²) in [6.45, 7) is 1.56. The summed E-state index contributed by atoms with van der Waals surface area (Å²) in [5, 5.41) is 8.38. The molecule has 0 aromatic heterocycles. The zero-order chi connectivity index (χ0) is 5.86. The number of nitrogens with zero attached hydrogens (tertiary/aromatic N) is 1. The van der Waals surface area contributed by atoms with Crippen molar-refractivity contribution in [1.29, 1.82) is 5.26 Å². The fourth-order valence-electron chi connectivity index (χ4n) is 0.0770. The summed E-state index contributed by atoms with van der Waals surface area (Å²) in [4.78, 5) is 0. The Bertz CT molecular complexity index is 127. The Kier molecular flexibility index (Phi) is 2.82. The second-order valence-electron chi connectivity index (χ2n) is 0.959. The molecule has 0 aliphatic carbocycles. The highest BCUT2D eigenvalue weighted by molar-refractivity contribution is 6.40. The number of halogens is 2. The number of nitriles is 1. The molecule has 0 aliphatic heterocycles. The van der Waals surface area contributed by atoms with Gasteiger partial charge in [-0.1, -0.05) is 23.2 Å². The van der Waals surface area contributed by atoms with Crippen LogP contribution in [-0.2, 0) is 0 Å². The van der Waals surface area contributed by atoms with Gasteiger partial charge in [-0.15, -0.1) is 0 Å². The van der Waals surface area contributed by atoms with Gasteiger partial charge < -0.3 is 0 Å². The molecule has 0 saturated heterocycles. The molecule has 0 bridgehead atoms. The van der Waals surface area contributed by atoms with Crippen LogP contribution >= 0.6 is 23.2 Å². The van der Waals surface area contributed by atoms with Gasteiger partial charge in [-0.3, -0.25) is 0 Å². The Labute approximate surface area is 52.1 Å². The van der Waals surface area contributed by atoms with Crippen LogP contribution in [0.15, 0.2) is 10.1 Å². The molecule has 0 spiro atoms.